The number of nitrogens with zero attached hydrogens (tertiary/aromatic N) is 2. The molecular weight excluding hydrogens is 238 g/mol. The summed E-state index contributed by atoms with van der Waals surface area (Å²) in [4.78, 5) is 15.9. The van der Waals surface area contributed by atoms with Crippen LogP contribution >= 0.6 is 12.4 Å². The average molecular weight is 264 g/mol. The Bertz CT molecular complexity index is 240. The van der Waals surface area contributed by atoms with Gasteiger partial charge in [0.25, 0.3) is 0 Å². The molecule has 0 radical (unpaired) electrons. The molecule has 1 aliphatic rings. The zero-order valence-electron chi connectivity index (χ0n) is 11.2. The van der Waals surface area contributed by atoms with Crippen molar-refractivity contribution in [1.29, 1.82) is 0 Å². The van der Waals surface area contributed by atoms with E-state index in [1.54, 1.807) is 0 Å². The molecule has 0 aliphatic carbocycles. The molecule has 5 heteroatoms. The predicted octanol–water partition coefficient (Wildman–Crippen LogP) is 0.947. The Morgan fingerprint density at radius 3 is 2.35 bits per heavy atom. The second kappa shape index (κ2) is 7.19. The van der Waals surface area contributed by atoms with Crippen LogP contribution in [0.4, 0.5) is 0 Å². The van der Waals surface area contributed by atoms with Gasteiger partial charge in [-0.2, -0.15) is 0 Å². The molecule has 1 saturated heterocycles. The number of likely N-dealkylation sites (tertiary alicyclic amines) is 1. The fraction of sp³-hybridized carbons (Fsp3) is 0.917. The molecule has 0 bridgehead atoms. The van der Waals surface area contributed by atoms with Crippen LogP contribution in [0, 0.1) is 5.41 Å². The van der Waals surface area contributed by atoms with Crippen molar-refractivity contribution >= 4 is 18.3 Å². The van der Waals surface area contributed by atoms with Crippen LogP contribution < -0.4 is 5.73 Å². The number of nitrogens with two attached hydrogens (primary N) is 1. The van der Waals surface area contributed by atoms with Crippen molar-refractivity contribution in [3.8, 4) is 0 Å². The highest BCUT2D eigenvalue weighted by atomic mass is 35.5. The lowest BCUT2D eigenvalue weighted by Crippen LogP contribution is -2.42. The first-order valence-electron chi connectivity index (χ1n) is 6.11. The molecule has 1 amide bonds. The normalized spacial score (nSPS) is 16.2. The molecule has 1 fully saturated rings. The average Bonchev–Trinajstić information content (AvgIpc) is 2.69. The Labute approximate surface area is 111 Å². The summed E-state index contributed by atoms with van der Waals surface area (Å²) in [5.74, 6) is 0.257. The second-order valence-electron chi connectivity index (χ2n) is 5.63. The van der Waals surface area contributed by atoms with Crippen molar-refractivity contribution in [3.05, 3.63) is 0 Å². The Balaban J connectivity index is 0.00000256. The maximum atomic E-state index is 11.9. The summed E-state index contributed by atoms with van der Waals surface area (Å²) in [6, 6.07) is 0. The van der Waals surface area contributed by atoms with Crippen LogP contribution in [0.5, 0.6) is 0 Å². The Kier molecular flexibility index (Phi) is 7.05. The molecule has 1 aliphatic heterocycles. The Morgan fingerprint density at radius 2 is 1.88 bits per heavy atom. The summed E-state index contributed by atoms with van der Waals surface area (Å²) in [7, 11) is 1.99. The van der Waals surface area contributed by atoms with Crippen LogP contribution in [0.15, 0.2) is 0 Å². The SMILES string of the molecule is CN(CC(=O)N1CCCC1)CC(C)(C)CN.Cl. The van der Waals surface area contributed by atoms with Crippen LogP contribution in [0.2, 0.25) is 0 Å². The van der Waals surface area contributed by atoms with Gasteiger partial charge in [0.2, 0.25) is 5.91 Å². The monoisotopic (exact) mass is 263 g/mol. The maximum Gasteiger partial charge on any atom is 0.236 e. The molecule has 0 aromatic heterocycles. The van der Waals surface area contributed by atoms with Crippen molar-refractivity contribution in [3.63, 3.8) is 0 Å². The standard InChI is InChI=1S/C12H25N3O.ClH/c1-12(2,9-13)10-14(3)8-11(16)15-6-4-5-7-15;/h4-10,13H2,1-3H3;1H. The minimum absolute atomic E-state index is 0. The molecule has 0 aromatic rings. The van der Waals surface area contributed by atoms with Crippen molar-refractivity contribution < 1.29 is 4.79 Å². The van der Waals surface area contributed by atoms with E-state index in [-0.39, 0.29) is 23.7 Å². The van der Waals surface area contributed by atoms with Gasteiger partial charge in [-0.05, 0) is 31.8 Å². The molecule has 0 aromatic carbocycles. The van der Waals surface area contributed by atoms with Crippen LogP contribution in [-0.4, -0.2) is 55.5 Å². The van der Waals surface area contributed by atoms with Gasteiger partial charge < -0.3 is 10.6 Å². The summed E-state index contributed by atoms with van der Waals surface area (Å²) in [6.45, 7) is 8.16. The first kappa shape index (κ1) is 16.7. The third-order valence-corrected chi connectivity index (χ3v) is 3.11. The van der Waals surface area contributed by atoms with E-state index >= 15 is 0 Å². The van der Waals surface area contributed by atoms with E-state index in [1.165, 1.54) is 0 Å². The summed E-state index contributed by atoms with van der Waals surface area (Å²) in [6.07, 6.45) is 2.31. The van der Waals surface area contributed by atoms with Crippen LogP contribution in [0.25, 0.3) is 0 Å². The zero-order valence-corrected chi connectivity index (χ0v) is 12.1. The van der Waals surface area contributed by atoms with E-state index in [0.29, 0.717) is 13.1 Å². The number of likely N-dealkylation sites (N-methyl/N-ethyl adjacent to an activating group) is 1. The van der Waals surface area contributed by atoms with E-state index in [2.05, 4.69) is 18.7 Å². The zero-order chi connectivity index (χ0) is 12.2. The fourth-order valence-corrected chi connectivity index (χ4v) is 2.15. The molecule has 102 valence electrons. The molecular formula is C12H26ClN3O. The summed E-state index contributed by atoms with van der Waals surface area (Å²) >= 11 is 0. The van der Waals surface area contributed by atoms with Crippen molar-refractivity contribution in [1.82, 2.24) is 9.80 Å². The lowest BCUT2D eigenvalue weighted by Gasteiger charge is -2.29. The lowest BCUT2D eigenvalue weighted by molar-refractivity contribution is -0.131. The number of rotatable bonds is 5. The second-order valence-corrected chi connectivity index (χ2v) is 5.63. The van der Waals surface area contributed by atoms with E-state index in [1.807, 2.05) is 11.9 Å². The first-order valence-corrected chi connectivity index (χ1v) is 6.11. The van der Waals surface area contributed by atoms with Gasteiger partial charge in [0.1, 0.15) is 0 Å². The molecule has 0 atom stereocenters. The van der Waals surface area contributed by atoms with Gasteiger partial charge in [0.05, 0.1) is 6.54 Å². The van der Waals surface area contributed by atoms with Crippen molar-refractivity contribution in [2.75, 3.05) is 39.8 Å². The van der Waals surface area contributed by atoms with E-state index in [4.69, 9.17) is 5.73 Å². The molecule has 2 N–H and O–H groups in total. The summed E-state index contributed by atoms with van der Waals surface area (Å²) in [5, 5.41) is 0. The number of carbonyl (C=O) groups excluding carboxylic acids is 1. The maximum absolute atomic E-state index is 11.9. The minimum atomic E-state index is 0. The number of halogens is 1. The van der Waals surface area contributed by atoms with Gasteiger partial charge in [-0.15, -0.1) is 12.4 Å². The van der Waals surface area contributed by atoms with Crippen LogP contribution in [0.1, 0.15) is 26.7 Å². The molecule has 1 rings (SSSR count). The van der Waals surface area contributed by atoms with Crippen LogP contribution in [0.3, 0.4) is 0 Å². The highest BCUT2D eigenvalue weighted by Gasteiger charge is 2.22. The number of carbonyl (C=O) groups is 1. The topological polar surface area (TPSA) is 49.6 Å². The smallest absolute Gasteiger partial charge is 0.236 e. The molecule has 0 unspecified atom stereocenters. The fourth-order valence-electron chi connectivity index (χ4n) is 2.15. The Morgan fingerprint density at radius 1 is 1.35 bits per heavy atom. The summed E-state index contributed by atoms with van der Waals surface area (Å²) in [5.41, 5.74) is 5.77. The predicted molar refractivity (Wildman–Crippen MR) is 73.4 cm³/mol. The van der Waals surface area contributed by atoms with Gasteiger partial charge in [0.15, 0.2) is 0 Å². The van der Waals surface area contributed by atoms with Gasteiger partial charge in [-0.1, -0.05) is 13.8 Å². The van der Waals surface area contributed by atoms with Crippen molar-refractivity contribution in [2.45, 2.75) is 26.7 Å². The number of hydrogen-bond donors (Lipinski definition) is 1. The van der Waals surface area contributed by atoms with E-state index in [0.717, 1.165) is 32.5 Å². The Hall–Kier alpha value is -0.320. The molecule has 17 heavy (non-hydrogen) atoms. The third-order valence-electron chi connectivity index (χ3n) is 3.11. The summed E-state index contributed by atoms with van der Waals surface area (Å²) < 4.78 is 0. The van der Waals surface area contributed by atoms with Gasteiger partial charge >= 0.3 is 0 Å². The highest BCUT2D eigenvalue weighted by Crippen LogP contribution is 2.14. The largest absolute Gasteiger partial charge is 0.342 e. The lowest BCUT2D eigenvalue weighted by atomic mass is 9.93. The molecule has 4 nitrogen and oxygen atoms in total. The van der Waals surface area contributed by atoms with Gasteiger partial charge in [-0.3, -0.25) is 9.69 Å². The van der Waals surface area contributed by atoms with E-state index < -0.39 is 0 Å². The van der Waals surface area contributed by atoms with E-state index in [9.17, 15) is 4.79 Å². The van der Waals surface area contributed by atoms with Gasteiger partial charge in [-0.25, -0.2) is 0 Å². The number of hydrogen-bond acceptors (Lipinski definition) is 3. The van der Waals surface area contributed by atoms with Gasteiger partial charge in [0, 0.05) is 19.6 Å². The third kappa shape index (κ3) is 5.70. The molecule has 0 spiro atoms. The molecule has 0 saturated carbocycles. The molecule has 1 heterocycles. The highest BCUT2D eigenvalue weighted by molar-refractivity contribution is 5.85. The minimum Gasteiger partial charge on any atom is -0.342 e. The first-order chi connectivity index (χ1) is 7.44. The number of amides is 1. The van der Waals surface area contributed by atoms with Crippen LogP contribution in [-0.2, 0) is 4.79 Å². The van der Waals surface area contributed by atoms with Crippen molar-refractivity contribution in [2.24, 2.45) is 11.1 Å². The quantitative estimate of drug-likeness (QED) is 0.804.